The first kappa shape index (κ1) is 22.6. The predicted octanol–water partition coefficient (Wildman–Crippen LogP) is 3.14. The SMILES string of the molecule is O=C(CNS(=O)(=O)c1cccc(C(F)(F)F)c1)OCCCOc1ccc(F)cc1. The molecule has 29 heavy (non-hydrogen) atoms. The van der Waals surface area contributed by atoms with Gasteiger partial charge in [-0.05, 0) is 42.5 Å². The summed E-state index contributed by atoms with van der Waals surface area (Å²) in [5.74, 6) is -0.868. The Hall–Kier alpha value is -2.66. The van der Waals surface area contributed by atoms with Crippen molar-refractivity contribution < 1.29 is 40.2 Å². The van der Waals surface area contributed by atoms with Gasteiger partial charge < -0.3 is 9.47 Å². The van der Waals surface area contributed by atoms with Gasteiger partial charge in [-0.15, -0.1) is 0 Å². The van der Waals surface area contributed by atoms with Crippen LogP contribution in [0.1, 0.15) is 12.0 Å². The maximum Gasteiger partial charge on any atom is 0.416 e. The summed E-state index contributed by atoms with van der Waals surface area (Å²) >= 11 is 0. The largest absolute Gasteiger partial charge is 0.493 e. The first-order valence-electron chi connectivity index (χ1n) is 8.29. The molecular formula is C18H17F4NO5S. The van der Waals surface area contributed by atoms with Gasteiger partial charge in [0.15, 0.2) is 0 Å². The molecule has 0 heterocycles. The maximum absolute atomic E-state index is 12.7. The Kier molecular flexibility index (Phi) is 7.57. The van der Waals surface area contributed by atoms with Crippen molar-refractivity contribution in [3.63, 3.8) is 0 Å². The van der Waals surface area contributed by atoms with Crippen LogP contribution in [0.5, 0.6) is 5.75 Å². The highest BCUT2D eigenvalue weighted by molar-refractivity contribution is 7.89. The molecule has 1 N–H and O–H groups in total. The van der Waals surface area contributed by atoms with Crippen LogP contribution in [0.2, 0.25) is 0 Å². The van der Waals surface area contributed by atoms with Gasteiger partial charge >= 0.3 is 12.1 Å². The summed E-state index contributed by atoms with van der Waals surface area (Å²) in [6.07, 6.45) is -4.40. The van der Waals surface area contributed by atoms with Crippen molar-refractivity contribution in [1.29, 1.82) is 0 Å². The second kappa shape index (κ2) is 9.70. The fourth-order valence-corrected chi connectivity index (χ4v) is 3.11. The Labute approximate surface area is 164 Å². The van der Waals surface area contributed by atoms with Crippen LogP contribution >= 0.6 is 0 Å². The lowest BCUT2D eigenvalue weighted by atomic mass is 10.2. The highest BCUT2D eigenvalue weighted by Gasteiger charge is 2.31. The molecule has 11 heteroatoms. The Morgan fingerprint density at radius 3 is 2.38 bits per heavy atom. The molecular weight excluding hydrogens is 418 g/mol. The number of ether oxygens (including phenoxy) is 2. The molecule has 6 nitrogen and oxygen atoms in total. The van der Waals surface area contributed by atoms with Gasteiger partial charge in [0, 0.05) is 6.42 Å². The lowest BCUT2D eigenvalue weighted by Crippen LogP contribution is -2.31. The van der Waals surface area contributed by atoms with Crippen molar-refractivity contribution in [3.05, 3.63) is 59.9 Å². The van der Waals surface area contributed by atoms with Gasteiger partial charge in [0.2, 0.25) is 10.0 Å². The number of halogens is 4. The molecule has 2 aromatic carbocycles. The molecule has 0 atom stereocenters. The number of nitrogens with one attached hydrogen (secondary N) is 1. The average Bonchev–Trinajstić information content (AvgIpc) is 2.67. The van der Waals surface area contributed by atoms with E-state index >= 15 is 0 Å². The lowest BCUT2D eigenvalue weighted by molar-refractivity contribution is -0.142. The number of carbonyl (C=O) groups excluding carboxylic acids is 1. The van der Waals surface area contributed by atoms with E-state index in [0.717, 1.165) is 18.2 Å². The molecule has 0 bridgehead atoms. The van der Waals surface area contributed by atoms with E-state index in [-0.39, 0.29) is 13.2 Å². The number of alkyl halides is 3. The normalized spacial score (nSPS) is 11.9. The zero-order valence-electron chi connectivity index (χ0n) is 14.9. The number of hydrogen-bond donors (Lipinski definition) is 1. The lowest BCUT2D eigenvalue weighted by Gasteiger charge is -2.10. The number of rotatable bonds is 9. The summed E-state index contributed by atoms with van der Waals surface area (Å²) in [6.45, 7) is -0.627. The molecule has 0 spiro atoms. The second-order valence-corrected chi connectivity index (χ2v) is 7.49. The number of carbonyl (C=O) groups is 1. The summed E-state index contributed by atoms with van der Waals surface area (Å²) < 4.78 is 86.9. The number of benzene rings is 2. The maximum atomic E-state index is 12.7. The minimum Gasteiger partial charge on any atom is -0.493 e. The predicted molar refractivity (Wildman–Crippen MR) is 94.1 cm³/mol. The molecule has 0 aliphatic rings. The van der Waals surface area contributed by atoms with Gasteiger partial charge in [-0.1, -0.05) is 6.07 Å². The van der Waals surface area contributed by atoms with Gasteiger partial charge in [0.1, 0.15) is 18.1 Å². The highest BCUT2D eigenvalue weighted by Crippen LogP contribution is 2.30. The van der Waals surface area contributed by atoms with E-state index in [4.69, 9.17) is 9.47 Å². The van der Waals surface area contributed by atoms with Crippen LogP contribution in [-0.4, -0.2) is 34.1 Å². The third-order valence-corrected chi connectivity index (χ3v) is 4.91. The molecule has 0 saturated heterocycles. The van der Waals surface area contributed by atoms with Gasteiger partial charge in [0.05, 0.1) is 23.7 Å². The highest BCUT2D eigenvalue weighted by atomic mass is 32.2. The number of sulfonamides is 1. The zero-order valence-corrected chi connectivity index (χ0v) is 15.7. The Morgan fingerprint density at radius 1 is 1.03 bits per heavy atom. The van der Waals surface area contributed by atoms with E-state index in [1.807, 2.05) is 4.72 Å². The molecule has 2 aromatic rings. The third-order valence-electron chi connectivity index (χ3n) is 3.51. The van der Waals surface area contributed by atoms with E-state index in [9.17, 15) is 30.8 Å². The first-order chi connectivity index (χ1) is 13.6. The fourth-order valence-electron chi connectivity index (χ4n) is 2.09. The molecule has 0 aliphatic heterocycles. The fraction of sp³-hybridized carbons (Fsp3) is 0.278. The average molecular weight is 435 g/mol. The first-order valence-corrected chi connectivity index (χ1v) is 9.77. The number of esters is 1. The third kappa shape index (κ3) is 7.35. The van der Waals surface area contributed by atoms with Gasteiger partial charge in [-0.25, -0.2) is 12.8 Å². The Morgan fingerprint density at radius 2 is 1.72 bits per heavy atom. The van der Waals surface area contributed by atoms with Crippen LogP contribution in [0.25, 0.3) is 0 Å². The van der Waals surface area contributed by atoms with Crippen LogP contribution in [0, 0.1) is 5.82 Å². The molecule has 0 fully saturated rings. The van der Waals surface area contributed by atoms with E-state index in [1.54, 1.807) is 0 Å². The van der Waals surface area contributed by atoms with Crippen molar-refractivity contribution in [2.24, 2.45) is 0 Å². The van der Waals surface area contributed by atoms with E-state index < -0.39 is 45.0 Å². The van der Waals surface area contributed by atoms with Gasteiger partial charge in [0.25, 0.3) is 0 Å². The summed E-state index contributed by atoms with van der Waals surface area (Å²) in [5.41, 5.74) is -1.12. The Bertz CT molecular complexity index is 930. The molecule has 0 aliphatic carbocycles. The quantitative estimate of drug-likeness (QED) is 0.372. The topological polar surface area (TPSA) is 81.7 Å². The summed E-state index contributed by atoms with van der Waals surface area (Å²) in [5, 5.41) is 0. The smallest absolute Gasteiger partial charge is 0.416 e. The molecule has 0 radical (unpaired) electrons. The van der Waals surface area contributed by atoms with Gasteiger partial charge in [-0.3, -0.25) is 4.79 Å². The minimum atomic E-state index is -4.69. The zero-order chi connectivity index (χ0) is 21.5. The van der Waals surface area contributed by atoms with Crippen LogP contribution in [0.3, 0.4) is 0 Å². The second-order valence-electron chi connectivity index (χ2n) is 5.73. The van der Waals surface area contributed by atoms with Crippen molar-refractivity contribution >= 4 is 16.0 Å². The van der Waals surface area contributed by atoms with Crippen molar-refractivity contribution in [1.82, 2.24) is 4.72 Å². The van der Waals surface area contributed by atoms with Crippen molar-refractivity contribution in [3.8, 4) is 5.75 Å². The van der Waals surface area contributed by atoms with Crippen LogP contribution in [-0.2, 0) is 25.7 Å². The monoisotopic (exact) mass is 435 g/mol. The van der Waals surface area contributed by atoms with E-state index in [2.05, 4.69) is 0 Å². The minimum absolute atomic E-state index is 0.0642. The van der Waals surface area contributed by atoms with Gasteiger partial charge in [-0.2, -0.15) is 17.9 Å². The summed E-state index contributed by atoms with van der Waals surface area (Å²) in [7, 11) is -4.32. The molecule has 2 rings (SSSR count). The van der Waals surface area contributed by atoms with E-state index in [0.29, 0.717) is 18.2 Å². The van der Waals surface area contributed by atoms with Crippen molar-refractivity contribution in [2.75, 3.05) is 19.8 Å². The molecule has 158 valence electrons. The molecule has 0 saturated carbocycles. The number of hydrogen-bond acceptors (Lipinski definition) is 5. The summed E-state index contributed by atoms with van der Waals surface area (Å²) in [4.78, 5) is 11.0. The molecule has 0 aromatic heterocycles. The van der Waals surface area contributed by atoms with Crippen LogP contribution < -0.4 is 9.46 Å². The molecule has 0 amide bonds. The standard InChI is InChI=1S/C18H17F4NO5S/c19-14-5-7-15(8-6-14)27-9-2-10-28-17(24)12-23-29(25,26)16-4-1-3-13(11-16)18(20,21)22/h1,3-8,11,23H,2,9-10,12H2. The molecule has 0 unspecified atom stereocenters. The summed E-state index contributed by atoms with van der Waals surface area (Å²) in [6, 6.07) is 8.47. The van der Waals surface area contributed by atoms with Crippen LogP contribution in [0.4, 0.5) is 17.6 Å². The van der Waals surface area contributed by atoms with Crippen molar-refractivity contribution in [2.45, 2.75) is 17.5 Å². The van der Waals surface area contributed by atoms with E-state index in [1.165, 1.54) is 24.3 Å². The Balaban J connectivity index is 1.74. The van der Waals surface area contributed by atoms with Crippen LogP contribution in [0.15, 0.2) is 53.4 Å².